The topological polar surface area (TPSA) is 150 Å². The first-order valence-corrected chi connectivity index (χ1v) is 17.0. The van der Waals surface area contributed by atoms with Crippen LogP contribution in [0, 0.1) is 0 Å². The van der Waals surface area contributed by atoms with Gasteiger partial charge in [0, 0.05) is 29.5 Å². The molecule has 11 nitrogen and oxygen atoms in total. The number of hydrogen-bond donors (Lipinski definition) is 3. The second-order valence-electron chi connectivity index (χ2n) is 13.3. The second kappa shape index (κ2) is 16.9. The third-order valence-electron chi connectivity index (χ3n) is 8.34. The highest BCUT2D eigenvalue weighted by molar-refractivity contribution is 5.95. The molecule has 3 N–H and O–H groups in total. The van der Waals surface area contributed by atoms with Gasteiger partial charge in [-0.3, -0.25) is 9.59 Å². The highest BCUT2D eigenvalue weighted by Gasteiger charge is 2.55. The fourth-order valence-electron chi connectivity index (χ4n) is 6.03. The van der Waals surface area contributed by atoms with Gasteiger partial charge in [0.15, 0.2) is 0 Å². The van der Waals surface area contributed by atoms with Crippen LogP contribution in [0.1, 0.15) is 67.1 Å². The lowest BCUT2D eigenvalue weighted by Gasteiger charge is -2.31. The van der Waals surface area contributed by atoms with Crippen LogP contribution < -0.4 is 5.32 Å². The standard InChI is InChI=1S/C40H45NO10/c1-39(2,3)50-35(44)19-18-31(26-43)41-37(45)28-24-33(48-38(46)32-17-11-10-12-27(32)20-22-47-23-21-42)36-34(25-28)49-40(51-36,29-13-6-4-7-14-29)30-15-8-5-9-16-30/h4-17,20,22,25,31,33-34,36,42-43H,18-19,21,23-24,26H2,1-3H3,(H,41,45)/t31-,33+,34+,36-/m0/s1. The number of ether oxygens (including phenoxy) is 5. The Hall–Kier alpha value is -4.81. The summed E-state index contributed by atoms with van der Waals surface area (Å²) in [5, 5.41) is 21.9. The summed E-state index contributed by atoms with van der Waals surface area (Å²) in [5.41, 5.74) is 1.84. The van der Waals surface area contributed by atoms with Crippen molar-refractivity contribution in [2.24, 2.45) is 0 Å². The van der Waals surface area contributed by atoms with Crippen molar-refractivity contribution >= 4 is 23.9 Å². The number of carbonyl (C=O) groups is 3. The number of aliphatic hydroxyl groups is 2. The van der Waals surface area contributed by atoms with Crippen LogP contribution in [0.5, 0.6) is 0 Å². The maximum absolute atomic E-state index is 13.8. The molecule has 3 aromatic carbocycles. The molecular weight excluding hydrogens is 654 g/mol. The van der Waals surface area contributed by atoms with Crippen LogP contribution in [0.2, 0.25) is 0 Å². The van der Waals surface area contributed by atoms with Crippen LogP contribution in [0.25, 0.3) is 6.08 Å². The summed E-state index contributed by atoms with van der Waals surface area (Å²) in [6.07, 6.45) is 2.25. The quantitative estimate of drug-likeness (QED) is 0.122. The summed E-state index contributed by atoms with van der Waals surface area (Å²) >= 11 is 0. The summed E-state index contributed by atoms with van der Waals surface area (Å²) in [6.45, 7) is 4.85. The number of amides is 1. The molecule has 0 unspecified atom stereocenters. The van der Waals surface area contributed by atoms with E-state index in [-0.39, 0.29) is 43.6 Å². The van der Waals surface area contributed by atoms with Gasteiger partial charge in [-0.2, -0.15) is 0 Å². The van der Waals surface area contributed by atoms with E-state index in [0.29, 0.717) is 5.56 Å². The van der Waals surface area contributed by atoms with E-state index in [1.165, 1.54) is 6.26 Å². The van der Waals surface area contributed by atoms with E-state index in [9.17, 15) is 19.5 Å². The summed E-state index contributed by atoms with van der Waals surface area (Å²) < 4.78 is 30.4. The molecule has 0 radical (unpaired) electrons. The molecule has 1 heterocycles. The molecule has 0 bridgehead atoms. The molecule has 0 saturated carbocycles. The zero-order valence-corrected chi connectivity index (χ0v) is 29.0. The van der Waals surface area contributed by atoms with E-state index in [2.05, 4.69) is 5.32 Å². The molecule has 1 saturated heterocycles. The average molecular weight is 700 g/mol. The highest BCUT2D eigenvalue weighted by Crippen LogP contribution is 2.47. The highest BCUT2D eigenvalue weighted by atomic mass is 16.8. The Kier molecular flexibility index (Phi) is 12.4. The van der Waals surface area contributed by atoms with E-state index in [1.54, 1.807) is 57.2 Å². The Labute approximate surface area is 297 Å². The number of rotatable bonds is 14. The van der Waals surface area contributed by atoms with Gasteiger partial charge in [0.2, 0.25) is 11.7 Å². The van der Waals surface area contributed by atoms with Gasteiger partial charge in [-0.1, -0.05) is 78.9 Å². The molecule has 1 aliphatic carbocycles. The molecule has 0 spiro atoms. The maximum atomic E-state index is 13.8. The SMILES string of the molecule is CC(C)(C)OC(=O)CC[C@@H](CO)NC(=O)C1=C[C@H]2OC(c3ccccc3)(c3ccccc3)O[C@H]2[C@H](OC(=O)c2ccccc2C=COCCO)C1. The first-order chi connectivity index (χ1) is 24.5. The summed E-state index contributed by atoms with van der Waals surface area (Å²) in [4.78, 5) is 39.9. The molecule has 1 aliphatic heterocycles. The fourth-order valence-corrected chi connectivity index (χ4v) is 6.03. The van der Waals surface area contributed by atoms with Crippen LogP contribution in [0.4, 0.5) is 0 Å². The summed E-state index contributed by atoms with van der Waals surface area (Å²) in [6, 6.07) is 24.9. The Bertz CT molecular complexity index is 1660. The minimum Gasteiger partial charge on any atom is -0.499 e. The smallest absolute Gasteiger partial charge is 0.339 e. The lowest BCUT2D eigenvalue weighted by Crippen LogP contribution is -2.45. The lowest BCUT2D eigenvalue weighted by atomic mass is 9.91. The fraction of sp³-hybridized carbons (Fsp3) is 0.375. The number of benzene rings is 3. The van der Waals surface area contributed by atoms with Gasteiger partial charge in [0.25, 0.3) is 0 Å². The number of hydrogen-bond acceptors (Lipinski definition) is 10. The summed E-state index contributed by atoms with van der Waals surface area (Å²) in [5.74, 6) is -2.96. The van der Waals surface area contributed by atoms with Gasteiger partial charge in [-0.05, 0) is 51.0 Å². The number of aliphatic hydroxyl groups excluding tert-OH is 2. The molecule has 1 amide bonds. The van der Waals surface area contributed by atoms with Gasteiger partial charge in [0.1, 0.15) is 30.5 Å². The van der Waals surface area contributed by atoms with Crippen LogP contribution in [0.3, 0.4) is 0 Å². The Morgan fingerprint density at radius 1 is 0.941 bits per heavy atom. The molecule has 2 aliphatic rings. The third kappa shape index (κ3) is 9.50. The number of carbonyl (C=O) groups excluding carboxylic acids is 3. The maximum Gasteiger partial charge on any atom is 0.339 e. The van der Waals surface area contributed by atoms with Crippen molar-refractivity contribution in [1.29, 1.82) is 0 Å². The average Bonchev–Trinajstić information content (AvgIpc) is 3.53. The molecule has 51 heavy (non-hydrogen) atoms. The van der Waals surface area contributed by atoms with Gasteiger partial charge < -0.3 is 39.2 Å². The van der Waals surface area contributed by atoms with Crippen LogP contribution >= 0.6 is 0 Å². The normalized spacial score (nSPS) is 20.2. The van der Waals surface area contributed by atoms with E-state index in [4.69, 9.17) is 28.8 Å². The van der Waals surface area contributed by atoms with Crippen molar-refractivity contribution in [3.8, 4) is 0 Å². The van der Waals surface area contributed by atoms with Gasteiger partial charge in [-0.25, -0.2) is 4.79 Å². The van der Waals surface area contributed by atoms with E-state index < -0.39 is 60.2 Å². The van der Waals surface area contributed by atoms with Crippen molar-refractivity contribution < 1.29 is 48.3 Å². The number of esters is 2. The zero-order valence-electron chi connectivity index (χ0n) is 29.0. The lowest BCUT2D eigenvalue weighted by molar-refractivity contribution is -0.157. The van der Waals surface area contributed by atoms with Crippen molar-refractivity contribution in [2.45, 2.75) is 75.8 Å². The largest absolute Gasteiger partial charge is 0.499 e. The predicted molar refractivity (Wildman–Crippen MR) is 188 cm³/mol. The van der Waals surface area contributed by atoms with Crippen molar-refractivity contribution in [1.82, 2.24) is 5.32 Å². The molecule has 11 heteroatoms. The molecule has 1 fully saturated rings. The molecule has 3 aromatic rings. The molecular formula is C40H45NO10. The minimum atomic E-state index is -1.38. The summed E-state index contributed by atoms with van der Waals surface area (Å²) in [7, 11) is 0. The molecule has 0 aromatic heterocycles. The van der Waals surface area contributed by atoms with Crippen molar-refractivity contribution in [3.63, 3.8) is 0 Å². The molecule has 4 atom stereocenters. The van der Waals surface area contributed by atoms with Gasteiger partial charge in [-0.15, -0.1) is 0 Å². The molecule has 270 valence electrons. The Balaban J connectivity index is 1.44. The minimum absolute atomic E-state index is 0.000715. The van der Waals surface area contributed by atoms with Crippen LogP contribution in [-0.2, 0) is 39.1 Å². The van der Waals surface area contributed by atoms with Crippen LogP contribution in [0.15, 0.2) is 103 Å². The first kappa shape index (κ1) is 37.4. The number of nitrogens with one attached hydrogen (secondary N) is 1. The Morgan fingerprint density at radius 2 is 1.59 bits per heavy atom. The first-order valence-electron chi connectivity index (χ1n) is 17.0. The molecule has 5 rings (SSSR count). The Morgan fingerprint density at radius 3 is 2.22 bits per heavy atom. The van der Waals surface area contributed by atoms with Gasteiger partial charge >= 0.3 is 11.9 Å². The predicted octanol–water partition coefficient (Wildman–Crippen LogP) is 4.81. The van der Waals surface area contributed by atoms with Crippen molar-refractivity contribution in [3.05, 3.63) is 125 Å². The zero-order chi connectivity index (χ0) is 36.4. The number of fused-ring (bicyclic) bond motifs is 1. The van der Waals surface area contributed by atoms with E-state index in [0.717, 1.165) is 11.1 Å². The second-order valence-corrected chi connectivity index (χ2v) is 13.3. The van der Waals surface area contributed by atoms with Crippen LogP contribution in [-0.4, -0.2) is 77.8 Å². The van der Waals surface area contributed by atoms with Gasteiger partial charge in [0.05, 0.1) is 31.1 Å². The van der Waals surface area contributed by atoms with E-state index in [1.807, 2.05) is 60.7 Å². The van der Waals surface area contributed by atoms with E-state index >= 15 is 0 Å². The van der Waals surface area contributed by atoms with Crippen molar-refractivity contribution in [2.75, 3.05) is 19.8 Å². The monoisotopic (exact) mass is 699 g/mol. The third-order valence-corrected chi connectivity index (χ3v) is 8.34.